The number of carbonyl (C=O) groups is 1. The number of hydrogen-bond donors (Lipinski definition) is 2. The molecule has 1 saturated carbocycles. The Morgan fingerprint density at radius 2 is 2.21 bits per heavy atom. The predicted molar refractivity (Wildman–Crippen MR) is 76.3 cm³/mol. The minimum Gasteiger partial charge on any atom is -0.449 e. The van der Waals surface area contributed by atoms with E-state index in [9.17, 15) is 4.79 Å². The van der Waals surface area contributed by atoms with Gasteiger partial charge < -0.3 is 10.5 Å². The fourth-order valence-electron chi connectivity index (χ4n) is 2.55. The number of nitrogens with two attached hydrogens (primary N) is 1. The Morgan fingerprint density at radius 3 is 2.95 bits per heavy atom. The second kappa shape index (κ2) is 6.78. The summed E-state index contributed by atoms with van der Waals surface area (Å²) in [6, 6.07) is 6.98. The summed E-state index contributed by atoms with van der Waals surface area (Å²) in [6.45, 7) is 1.11. The molecule has 4 nitrogen and oxygen atoms in total. The van der Waals surface area contributed by atoms with Crippen LogP contribution < -0.4 is 11.1 Å². The molecule has 1 aliphatic rings. The first-order chi connectivity index (χ1) is 9.19. The summed E-state index contributed by atoms with van der Waals surface area (Å²) in [5.41, 5.74) is 6.34. The van der Waals surface area contributed by atoms with Gasteiger partial charge in [0.2, 0.25) is 0 Å². The summed E-state index contributed by atoms with van der Waals surface area (Å²) in [4.78, 5) is 11.7. The number of amides is 1. The van der Waals surface area contributed by atoms with Crippen LogP contribution in [0.3, 0.4) is 0 Å². The molecule has 0 heterocycles. The molecule has 0 radical (unpaired) electrons. The fourth-order valence-corrected chi connectivity index (χ4v) is 2.74. The minimum absolute atomic E-state index is 0.398. The maximum Gasteiger partial charge on any atom is 0.411 e. The van der Waals surface area contributed by atoms with Crippen LogP contribution in [0.4, 0.5) is 10.5 Å². The maximum atomic E-state index is 11.7. The number of nitrogens with one attached hydrogen (secondary N) is 1. The van der Waals surface area contributed by atoms with E-state index >= 15 is 0 Å². The highest BCUT2D eigenvalue weighted by atomic mass is 35.5. The van der Waals surface area contributed by atoms with E-state index in [2.05, 4.69) is 5.32 Å². The van der Waals surface area contributed by atoms with Crippen LogP contribution >= 0.6 is 11.6 Å². The van der Waals surface area contributed by atoms with Gasteiger partial charge in [0.25, 0.3) is 0 Å². The van der Waals surface area contributed by atoms with Gasteiger partial charge in [0.15, 0.2) is 0 Å². The van der Waals surface area contributed by atoms with E-state index in [1.54, 1.807) is 24.3 Å². The highest BCUT2D eigenvalue weighted by molar-refractivity contribution is 6.30. The van der Waals surface area contributed by atoms with Gasteiger partial charge in [-0.2, -0.15) is 0 Å². The number of hydrogen-bond acceptors (Lipinski definition) is 3. The zero-order valence-corrected chi connectivity index (χ0v) is 11.5. The van der Waals surface area contributed by atoms with Crippen LogP contribution in [0.2, 0.25) is 5.02 Å². The number of anilines is 1. The number of halogens is 1. The Morgan fingerprint density at radius 1 is 1.42 bits per heavy atom. The Labute approximate surface area is 118 Å². The van der Waals surface area contributed by atoms with Crippen LogP contribution in [0.1, 0.15) is 19.3 Å². The lowest BCUT2D eigenvalue weighted by Gasteiger charge is -2.17. The van der Waals surface area contributed by atoms with Gasteiger partial charge >= 0.3 is 6.09 Å². The lowest BCUT2D eigenvalue weighted by atomic mass is 9.97. The average molecular weight is 283 g/mol. The van der Waals surface area contributed by atoms with Crippen molar-refractivity contribution in [2.75, 3.05) is 18.5 Å². The largest absolute Gasteiger partial charge is 0.449 e. The molecule has 1 amide bonds. The van der Waals surface area contributed by atoms with Crippen LogP contribution in [-0.4, -0.2) is 19.2 Å². The van der Waals surface area contributed by atoms with Crippen molar-refractivity contribution in [1.29, 1.82) is 0 Å². The van der Waals surface area contributed by atoms with E-state index in [0.29, 0.717) is 35.7 Å². The fraction of sp³-hybridized carbons (Fsp3) is 0.500. The lowest BCUT2D eigenvalue weighted by molar-refractivity contribution is 0.130. The zero-order valence-electron chi connectivity index (χ0n) is 10.8. The normalized spacial score (nSPS) is 22.2. The third kappa shape index (κ3) is 4.11. The average Bonchev–Trinajstić information content (AvgIpc) is 2.83. The molecular weight excluding hydrogens is 264 g/mol. The SMILES string of the molecule is NCC1CCCC1COC(=O)Nc1cccc(Cl)c1. The summed E-state index contributed by atoms with van der Waals surface area (Å²) >= 11 is 5.84. The number of rotatable bonds is 4. The third-order valence-electron chi connectivity index (χ3n) is 3.62. The predicted octanol–water partition coefficient (Wildman–Crippen LogP) is 3.26. The van der Waals surface area contributed by atoms with Crippen LogP contribution in [0.5, 0.6) is 0 Å². The standard InChI is InChI=1S/C14H19ClN2O2/c15-12-5-2-6-13(7-12)17-14(18)19-9-11-4-1-3-10(11)8-16/h2,5-7,10-11H,1,3-4,8-9,16H2,(H,17,18). The zero-order chi connectivity index (χ0) is 13.7. The van der Waals surface area contributed by atoms with Crippen LogP contribution in [0, 0.1) is 11.8 Å². The molecule has 0 aromatic heterocycles. The second-order valence-corrected chi connectivity index (χ2v) is 5.36. The molecular formula is C14H19ClN2O2. The third-order valence-corrected chi connectivity index (χ3v) is 3.85. The molecule has 1 fully saturated rings. The van der Waals surface area contributed by atoms with Crippen LogP contribution in [0.15, 0.2) is 24.3 Å². The monoisotopic (exact) mass is 282 g/mol. The van der Waals surface area contributed by atoms with Gasteiger partial charge in [-0.25, -0.2) is 4.79 Å². The van der Waals surface area contributed by atoms with Crippen LogP contribution in [-0.2, 0) is 4.74 Å². The molecule has 5 heteroatoms. The van der Waals surface area contributed by atoms with Crippen molar-refractivity contribution >= 4 is 23.4 Å². The lowest BCUT2D eigenvalue weighted by Crippen LogP contribution is -2.25. The van der Waals surface area contributed by atoms with Crippen molar-refractivity contribution < 1.29 is 9.53 Å². The van der Waals surface area contributed by atoms with Crippen molar-refractivity contribution in [1.82, 2.24) is 0 Å². The van der Waals surface area contributed by atoms with E-state index in [-0.39, 0.29) is 0 Å². The summed E-state index contributed by atoms with van der Waals surface area (Å²) in [7, 11) is 0. The van der Waals surface area contributed by atoms with Crippen molar-refractivity contribution in [3.63, 3.8) is 0 Å². The molecule has 0 aliphatic heterocycles. The van der Waals surface area contributed by atoms with Gasteiger partial charge in [-0.3, -0.25) is 5.32 Å². The topological polar surface area (TPSA) is 64.3 Å². The molecule has 0 bridgehead atoms. The Hall–Kier alpha value is -1.26. The molecule has 3 N–H and O–H groups in total. The van der Waals surface area contributed by atoms with E-state index in [0.717, 1.165) is 12.8 Å². The van der Waals surface area contributed by atoms with Gasteiger partial charge in [-0.1, -0.05) is 24.1 Å². The van der Waals surface area contributed by atoms with Crippen LogP contribution in [0.25, 0.3) is 0 Å². The Balaban J connectivity index is 1.78. The number of ether oxygens (including phenoxy) is 1. The second-order valence-electron chi connectivity index (χ2n) is 4.92. The quantitative estimate of drug-likeness (QED) is 0.891. The van der Waals surface area contributed by atoms with Gasteiger partial charge in [-0.15, -0.1) is 0 Å². The first-order valence-corrected chi connectivity index (χ1v) is 6.96. The van der Waals surface area contributed by atoms with E-state index in [1.807, 2.05) is 0 Å². The molecule has 0 spiro atoms. The van der Waals surface area contributed by atoms with E-state index < -0.39 is 6.09 Å². The molecule has 104 valence electrons. The first kappa shape index (κ1) is 14.2. The summed E-state index contributed by atoms with van der Waals surface area (Å²) in [5, 5.41) is 3.24. The molecule has 19 heavy (non-hydrogen) atoms. The Bertz CT molecular complexity index is 439. The van der Waals surface area contributed by atoms with Crippen molar-refractivity contribution in [2.45, 2.75) is 19.3 Å². The van der Waals surface area contributed by atoms with E-state index in [1.165, 1.54) is 6.42 Å². The van der Waals surface area contributed by atoms with E-state index in [4.69, 9.17) is 22.1 Å². The van der Waals surface area contributed by atoms with Gasteiger partial charge in [0, 0.05) is 10.7 Å². The minimum atomic E-state index is -0.440. The van der Waals surface area contributed by atoms with Crippen molar-refractivity contribution in [3.05, 3.63) is 29.3 Å². The molecule has 2 rings (SSSR count). The number of benzene rings is 1. The summed E-state index contributed by atoms with van der Waals surface area (Å²) in [5.74, 6) is 0.883. The molecule has 1 aliphatic carbocycles. The first-order valence-electron chi connectivity index (χ1n) is 6.58. The molecule has 2 atom stereocenters. The maximum absolute atomic E-state index is 11.7. The molecule has 1 aromatic carbocycles. The van der Waals surface area contributed by atoms with Crippen molar-refractivity contribution in [3.8, 4) is 0 Å². The summed E-state index contributed by atoms with van der Waals surface area (Å²) < 4.78 is 5.25. The van der Waals surface area contributed by atoms with Gasteiger partial charge in [-0.05, 0) is 49.4 Å². The molecule has 0 saturated heterocycles. The summed E-state index contributed by atoms with van der Waals surface area (Å²) in [6.07, 6.45) is 2.96. The van der Waals surface area contributed by atoms with Crippen molar-refractivity contribution in [2.24, 2.45) is 17.6 Å². The Kier molecular flexibility index (Phi) is 5.05. The number of carbonyl (C=O) groups excluding carboxylic acids is 1. The highest BCUT2D eigenvalue weighted by Crippen LogP contribution is 2.31. The van der Waals surface area contributed by atoms with Gasteiger partial charge in [0.05, 0.1) is 6.61 Å². The van der Waals surface area contributed by atoms with Gasteiger partial charge in [0.1, 0.15) is 0 Å². The molecule has 1 aromatic rings. The smallest absolute Gasteiger partial charge is 0.411 e. The molecule has 2 unspecified atom stereocenters. The highest BCUT2D eigenvalue weighted by Gasteiger charge is 2.27.